The van der Waals surface area contributed by atoms with E-state index in [0.29, 0.717) is 18.0 Å². The SMILES string of the molecule is NC(=S)C1CCCCN1S(=O)(=O)c1cc(Cl)ccc1Cl. The lowest BCUT2D eigenvalue weighted by Crippen LogP contribution is -2.49. The van der Waals surface area contributed by atoms with E-state index in [9.17, 15) is 8.42 Å². The van der Waals surface area contributed by atoms with Crippen molar-refractivity contribution >= 4 is 50.4 Å². The molecule has 0 radical (unpaired) electrons. The van der Waals surface area contributed by atoms with Gasteiger partial charge < -0.3 is 5.73 Å². The van der Waals surface area contributed by atoms with E-state index < -0.39 is 16.1 Å². The predicted molar refractivity (Wildman–Crippen MR) is 84.8 cm³/mol. The van der Waals surface area contributed by atoms with Crippen LogP contribution < -0.4 is 5.73 Å². The van der Waals surface area contributed by atoms with Crippen molar-refractivity contribution < 1.29 is 8.42 Å². The fraction of sp³-hybridized carbons (Fsp3) is 0.417. The Morgan fingerprint density at radius 1 is 1.35 bits per heavy atom. The van der Waals surface area contributed by atoms with E-state index in [1.165, 1.54) is 16.4 Å². The maximum atomic E-state index is 12.7. The third kappa shape index (κ3) is 3.09. The second-order valence-corrected chi connectivity index (χ2v) is 7.78. The highest BCUT2D eigenvalue weighted by molar-refractivity contribution is 7.89. The van der Waals surface area contributed by atoms with Crippen molar-refractivity contribution in [2.45, 2.75) is 30.2 Å². The molecule has 1 atom stereocenters. The van der Waals surface area contributed by atoms with Crippen molar-refractivity contribution in [3.8, 4) is 0 Å². The number of nitrogens with two attached hydrogens (primary N) is 1. The summed E-state index contributed by atoms with van der Waals surface area (Å²) in [4.78, 5) is 0.182. The lowest BCUT2D eigenvalue weighted by Gasteiger charge is -2.34. The molecule has 1 aromatic carbocycles. The zero-order chi connectivity index (χ0) is 14.9. The number of hydrogen-bond donors (Lipinski definition) is 1. The summed E-state index contributed by atoms with van der Waals surface area (Å²) in [5, 5.41) is 0.457. The topological polar surface area (TPSA) is 63.4 Å². The van der Waals surface area contributed by atoms with Gasteiger partial charge in [0.15, 0.2) is 0 Å². The second kappa shape index (κ2) is 6.15. The minimum absolute atomic E-state index is 0.00480. The molecule has 1 heterocycles. The lowest BCUT2D eigenvalue weighted by atomic mass is 10.1. The molecule has 20 heavy (non-hydrogen) atoms. The highest BCUT2D eigenvalue weighted by Gasteiger charge is 2.36. The van der Waals surface area contributed by atoms with Gasteiger partial charge >= 0.3 is 0 Å². The smallest absolute Gasteiger partial charge is 0.245 e. The molecule has 1 aromatic rings. The fourth-order valence-corrected chi connectivity index (χ4v) is 5.00. The predicted octanol–water partition coefficient (Wildman–Crippen LogP) is 2.82. The van der Waals surface area contributed by atoms with E-state index in [0.717, 1.165) is 12.8 Å². The van der Waals surface area contributed by atoms with Crippen LogP contribution in [0, 0.1) is 0 Å². The molecule has 1 aliphatic heterocycles. The van der Waals surface area contributed by atoms with Crippen molar-refractivity contribution in [3.63, 3.8) is 0 Å². The molecule has 0 aliphatic carbocycles. The molecular formula is C12H14Cl2N2O2S2. The summed E-state index contributed by atoms with van der Waals surface area (Å²) in [6.45, 7) is 0.382. The average Bonchev–Trinajstić information content (AvgIpc) is 2.41. The van der Waals surface area contributed by atoms with Gasteiger partial charge in [-0.1, -0.05) is 41.8 Å². The van der Waals surface area contributed by atoms with Crippen molar-refractivity contribution in [3.05, 3.63) is 28.2 Å². The van der Waals surface area contributed by atoms with Gasteiger partial charge in [-0.15, -0.1) is 0 Å². The van der Waals surface area contributed by atoms with Crippen LogP contribution in [0.5, 0.6) is 0 Å². The molecule has 0 spiro atoms. The van der Waals surface area contributed by atoms with Gasteiger partial charge in [0.1, 0.15) is 4.90 Å². The number of sulfonamides is 1. The molecule has 0 saturated carbocycles. The molecular weight excluding hydrogens is 339 g/mol. The zero-order valence-electron chi connectivity index (χ0n) is 10.6. The van der Waals surface area contributed by atoms with Gasteiger partial charge in [-0.3, -0.25) is 0 Å². The van der Waals surface area contributed by atoms with E-state index in [1.54, 1.807) is 6.07 Å². The Kier molecular flexibility index (Phi) is 4.92. The molecule has 110 valence electrons. The van der Waals surface area contributed by atoms with Crippen molar-refractivity contribution in [2.75, 3.05) is 6.54 Å². The first kappa shape index (κ1) is 16.0. The maximum Gasteiger partial charge on any atom is 0.245 e. The highest BCUT2D eigenvalue weighted by atomic mass is 35.5. The Labute approximate surface area is 133 Å². The Morgan fingerprint density at radius 3 is 2.70 bits per heavy atom. The summed E-state index contributed by atoms with van der Waals surface area (Å²) in [5.41, 5.74) is 5.67. The Morgan fingerprint density at radius 2 is 2.05 bits per heavy atom. The van der Waals surface area contributed by atoms with E-state index in [1.807, 2.05) is 0 Å². The number of piperidine rings is 1. The van der Waals surface area contributed by atoms with Crippen LogP contribution in [-0.4, -0.2) is 30.3 Å². The molecule has 1 fully saturated rings. The first-order valence-electron chi connectivity index (χ1n) is 6.10. The standard InChI is InChI=1S/C12H14Cl2N2O2S2/c13-8-4-5-9(14)11(7-8)20(17,18)16-6-2-1-3-10(16)12(15)19/h4-5,7,10H,1-3,6H2,(H2,15,19). The molecule has 1 aliphatic rings. The normalized spacial score (nSPS) is 20.8. The summed E-state index contributed by atoms with van der Waals surface area (Å²) in [6.07, 6.45) is 2.31. The van der Waals surface area contributed by atoms with Gasteiger partial charge in [0, 0.05) is 11.6 Å². The first-order chi connectivity index (χ1) is 9.34. The minimum Gasteiger partial charge on any atom is -0.392 e. The Hall–Kier alpha value is -0.400. The average molecular weight is 353 g/mol. The molecule has 0 amide bonds. The number of benzene rings is 1. The summed E-state index contributed by atoms with van der Waals surface area (Å²) in [6, 6.07) is 3.91. The number of hydrogen-bond acceptors (Lipinski definition) is 3. The first-order valence-corrected chi connectivity index (χ1v) is 8.70. The van der Waals surface area contributed by atoms with Crippen molar-refractivity contribution in [2.24, 2.45) is 5.73 Å². The highest BCUT2D eigenvalue weighted by Crippen LogP contribution is 2.31. The molecule has 1 unspecified atom stereocenters. The Balaban J connectivity index is 2.47. The lowest BCUT2D eigenvalue weighted by molar-refractivity contribution is 0.306. The van der Waals surface area contributed by atoms with Crippen LogP contribution in [-0.2, 0) is 10.0 Å². The maximum absolute atomic E-state index is 12.7. The summed E-state index contributed by atoms with van der Waals surface area (Å²) < 4.78 is 26.8. The molecule has 0 bridgehead atoms. The van der Waals surface area contributed by atoms with Crippen molar-refractivity contribution in [1.29, 1.82) is 0 Å². The van der Waals surface area contributed by atoms with Gasteiger partial charge in [-0.2, -0.15) is 4.31 Å². The fourth-order valence-electron chi connectivity index (χ4n) is 2.28. The van der Waals surface area contributed by atoms with Crippen LogP contribution in [0.1, 0.15) is 19.3 Å². The quantitative estimate of drug-likeness (QED) is 0.849. The number of halogens is 2. The monoisotopic (exact) mass is 352 g/mol. The molecule has 0 aromatic heterocycles. The van der Waals surface area contributed by atoms with E-state index in [-0.39, 0.29) is 14.9 Å². The van der Waals surface area contributed by atoms with Crippen LogP contribution in [0.4, 0.5) is 0 Å². The van der Waals surface area contributed by atoms with Gasteiger partial charge in [-0.05, 0) is 31.0 Å². The molecule has 1 saturated heterocycles. The van der Waals surface area contributed by atoms with Crippen molar-refractivity contribution in [1.82, 2.24) is 4.31 Å². The van der Waals surface area contributed by atoms with Crippen LogP contribution in [0.2, 0.25) is 10.0 Å². The van der Waals surface area contributed by atoms with Gasteiger partial charge in [0.2, 0.25) is 10.0 Å². The number of nitrogens with zero attached hydrogens (tertiary/aromatic N) is 1. The third-order valence-electron chi connectivity index (χ3n) is 3.26. The van der Waals surface area contributed by atoms with E-state index in [2.05, 4.69) is 0 Å². The van der Waals surface area contributed by atoms with Crippen LogP contribution in [0.15, 0.2) is 23.1 Å². The molecule has 8 heteroatoms. The third-order valence-corrected chi connectivity index (χ3v) is 6.16. The zero-order valence-corrected chi connectivity index (χ0v) is 13.7. The number of thiocarbonyl (C=S) groups is 1. The largest absolute Gasteiger partial charge is 0.392 e. The van der Waals surface area contributed by atoms with E-state index in [4.69, 9.17) is 41.2 Å². The summed E-state index contributed by atoms with van der Waals surface area (Å²) >= 11 is 16.8. The molecule has 2 N–H and O–H groups in total. The van der Waals surface area contributed by atoms with Gasteiger partial charge in [-0.25, -0.2) is 8.42 Å². The minimum atomic E-state index is -3.76. The van der Waals surface area contributed by atoms with Crippen LogP contribution >= 0.6 is 35.4 Å². The van der Waals surface area contributed by atoms with Crippen LogP contribution in [0.25, 0.3) is 0 Å². The second-order valence-electron chi connectivity index (χ2n) is 4.60. The van der Waals surface area contributed by atoms with Gasteiger partial charge in [0.25, 0.3) is 0 Å². The number of rotatable bonds is 3. The van der Waals surface area contributed by atoms with Gasteiger partial charge in [0.05, 0.1) is 16.1 Å². The summed E-state index contributed by atoms with van der Waals surface area (Å²) in [7, 11) is -3.76. The molecule has 2 rings (SSSR count). The van der Waals surface area contributed by atoms with Crippen LogP contribution in [0.3, 0.4) is 0 Å². The molecule has 4 nitrogen and oxygen atoms in total. The summed E-state index contributed by atoms with van der Waals surface area (Å²) in [5.74, 6) is 0. The Bertz CT molecular complexity index is 634. The van der Waals surface area contributed by atoms with E-state index >= 15 is 0 Å².